The summed E-state index contributed by atoms with van der Waals surface area (Å²) in [4.78, 5) is 19.8. The summed E-state index contributed by atoms with van der Waals surface area (Å²) in [5.41, 5.74) is 5.10. The van der Waals surface area contributed by atoms with E-state index in [2.05, 4.69) is 44.3 Å². The van der Waals surface area contributed by atoms with E-state index in [0.717, 1.165) is 41.4 Å². The van der Waals surface area contributed by atoms with Crippen molar-refractivity contribution in [2.75, 3.05) is 18.1 Å². The zero-order valence-corrected chi connectivity index (χ0v) is 18.5. The van der Waals surface area contributed by atoms with Crippen LogP contribution in [0.2, 0.25) is 0 Å². The van der Waals surface area contributed by atoms with Crippen molar-refractivity contribution in [3.8, 4) is 0 Å². The number of aryl methyl sites for hydroxylation is 1. The van der Waals surface area contributed by atoms with Crippen LogP contribution in [0.1, 0.15) is 54.6 Å². The molecule has 28 heavy (non-hydrogen) atoms. The molecule has 1 aliphatic heterocycles. The zero-order chi connectivity index (χ0) is 19.9. The van der Waals surface area contributed by atoms with Gasteiger partial charge in [-0.2, -0.15) is 11.8 Å². The summed E-state index contributed by atoms with van der Waals surface area (Å²) in [6.07, 6.45) is 3.07. The molecule has 0 radical (unpaired) electrons. The number of carbonyl (C=O) groups excluding carboxylic acids is 1. The molecule has 3 nitrogen and oxygen atoms in total. The Bertz CT molecular complexity index is 877. The number of aliphatic imine (C=N–C) groups is 1. The van der Waals surface area contributed by atoms with E-state index in [1.54, 1.807) is 11.8 Å². The van der Waals surface area contributed by atoms with Crippen LogP contribution in [-0.4, -0.2) is 29.7 Å². The van der Waals surface area contributed by atoms with Gasteiger partial charge >= 0.3 is 0 Å². The van der Waals surface area contributed by atoms with Crippen LogP contribution in [0.5, 0.6) is 0 Å². The molecule has 1 heterocycles. The first-order valence-electron chi connectivity index (χ1n) is 9.98. The van der Waals surface area contributed by atoms with Gasteiger partial charge < -0.3 is 5.32 Å². The van der Waals surface area contributed by atoms with Gasteiger partial charge in [-0.05, 0) is 68.0 Å². The van der Waals surface area contributed by atoms with Crippen molar-refractivity contribution in [1.82, 2.24) is 5.32 Å². The molecule has 5 heteroatoms. The number of carbonyl (C=O) groups is 1. The molecule has 0 aliphatic carbocycles. The topological polar surface area (TPSA) is 41.5 Å². The first-order valence-corrected chi connectivity index (χ1v) is 12.0. The Morgan fingerprint density at radius 2 is 1.93 bits per heavy atom. The average molecular weight is 413 g/mol. The van der Waals surface area contributed by atoms with Crippen LogP contribution in [0.3, 0.4) is 0 Å². The number of nitrogens with zero attached hydrogens (tertiary/aromatic N) is 1. The van der Waals surface area contributed by atoms with Crippen LogP contribution in [0.15, 0.2) is 51.2 Å². The number of rotatable bonds is 8. The van der Waals surface area contributed by atoms with E-state index >= 15 is 0 Å². The molecule has 1 aliphatic rings. The summed E-state index contributed by atoms with van der Waals surface area (Å²) in [7, 11) is 0. The number of thioether (sulfide) groups is 1. The molecule has 0 atom stereocenters. The second-order valence-corrected chi connectivity index (χ2v) is 9.23. The van der Waals surface area contributed by atoms with E-state index in [4.69, 9.17) is 4.99 Å². The minimum absolute atomic E-state index is 0.0147. The summed E-state index contributed by atoms with van der Waals surface area (Å²) in [6.45, 7) is 7.15. The van der Waals surface area contributed by atoms with Crippen molar-refractivity contribution in [2.24, 2.45) is 4.99 Å². The molecule has 2 aromatic rings. The highest BCUT2D eigenvalue weighted by molar-refractivity contribution is 7.99. The molecule has 0 fully saturated rings. The second kappa shape index (κ2) is 10.2. The fourth-order valence-corrected chi connectivity index (χ4v) is 4.96. The lowest BCUT2D eigenvalue weighted by atomic mass is 10.0. The molecule has 1 amide bonds. The number of amides is 1. The summed E-state index contributed by atoms with van der Waals surface area (Å²) >= 11 is 3.68. The Labute approximate surface area is 176 Å². The van der Waals surface area contributed by atoms with Crippen LogP contribution in [0.25, 0.3) is 0 Å². The van der Waals surface area contributed by atoms with Crippen molar-refractivity contribution in [3.63, 3.8) is 0 Å². The lowest BCUT2D eigenvalue weighted by Crippen LogP contribution is -2.24. The first kappa shape index (κ1) is 21.0. The highest BCUT2D eigenvalue weighted by Crippen LogP contribution is 2.41. The Hall–Kier alpha value is -1.72. The van der Waals surface area contributed by atoms with Gasteiger partial charge in [0.2, 0.25) is 0 Å². The molecule has 0 aromatic heterocycles. The summed E-state index contributed by atoms with van der Waals surface area (Å²) in [5.74, 6) is 2.27. The fraction of sp³-hybridized carbons (Fsp3) is 0.391. The van der Waals surface area contributed by atoms with Gasteiger partial charge in [0.15, 0.2) is 0 Å². The maximum Gasteiger partial charge on any atom is 0.251 e. The molecular formula is C23H28N2OS2. The van der Waals surface area contributed by atoms with Gasteiger partial charge in [0, 0.05) is 33.2 Å². The Balaban J connectivity index is 1.75. The fourth-order valence-electron chi connectivity index (χ4n) is 3.11. The lowest BCUT2D eigenvalue weighted by molar-refractivity contribution is 0.0954. The Morgan fingerprint density at radius 1 is 1.11 bits per heavy atom. The van der Waals surface area contributed by atoms with Gasteiger partial charge in [0.1, 0.15) is 0 Å². The third-order valence-corrected chi connectivity index (χ3v) is 6.99. The van der Waals surface area contributed by atoms with E-state index in [9.17, 15) is 4.79 Å². The molecule has 148 valence electrons. The second-order valence-electron chi connectivity index (χ2n) is 6.92. The SMILES string of the molecule is CCCSCCCNC(=O)c1ccc2c(c1)N=C(CC)c1cc(C)ccc1S2. The van der Waals surface area contributed by atoms with Crippen molar-refractivity contribution >= 4 is 40.8 Å². The molecule has 0 saturated carbocycles. The van der Waals surface area contributed by atoms with Gasteiger partial charge in [-0.3, -0.25) is 9.79 Å². The molecule has 0 bridgehead atoms. The molecule has 3 rings (SSSR count). The van der Waals surface area contributed by atoms with Crippen molar-refractivity contribution in [3.05, 3.63) is 53.1 Å². The third kappa shape index (κ3) is 5.21. The number of benzene rings is 2. The van der Waals surface area contributed by atoms with E-state index in [1.807, 2.05) is 30.0 Å². The molecule has 0 unspecified atom stereocenters. The lowest BCUT2D eigenvalue weighted by Gasteiger charge is -2.08. The molecule has 1 N–H and O–H groups in total. The van der Waals surface area contributed by atoms with E-state index in [0.29, 0.717) is 5.56 Å². The maximum atomic E-state index is 12.5. The monoisotopic (exact) mass is 412 g/mol. The van der Waals surface area contributed by atoms with E-state index in [1.165, 1.54) is 28.2 Å². The Morgan fingerprint density at radius 3 is 2.71 bits per heavy atom. The van der Waals surface area contributed by atoms with E-state index in [-0.39, 0.29) is 5.91 Å². The predicted molar refractivity (Wildman–Crippen MR) is 123 cm³/mol. The minimum atomic E-state index is -0.0147. The van der Waals surface area contributed by atoms with Gasteiger partial charge in [-0.25, -0.2) is 0 Å². The summed E-state index contributed by atoms with van der Waals surface area (Å²) in [6, 6.07) is 12.4. The zero-order valence-electron chi connectivity index (χ0n) is 16.9. The first-order chi connectivity index (χ1) is 13.6. The number of fused-ring (bicyclic) bond motifs is 2. The van der Waals surface area contributed by atoms with Crippen molar-refractivity contribution < 1.29 is 4.79 Å². The van der Waals surface area contributed by atoms with Crippen LogP contribution in [-0.2, 0) is 0 Å². The van der Waals surface area contributed by atoms with Crippen LogP contribution in [0.4, 0.5) is 5.69 Å². The van der Waals surface area contributed by atoms with Gasteiger partial charge in [-0.1, -0.05) is 37.2 Å². The highest BCUT2D eigenvalue weighted by atomic mass is 32.2. The number of hydrogen-bond acceptors (Lipinski definition) is 4. The summed E-state index contributed by atoms with van der Waals surface area (Å²) in [5, 5.41) is 3.04. The molecule has 2 aromatic carbocycles. The normalized spacial score (nSPS) is 12.6. The molecular weight excluding hydrogens is 384 g/mol. The van der Waals surface area contributed by atoms with Crippen LogP contribution in [0, 0.1) is 6.92 Å². The van der Waals surface area contributed by atoms with Crippen LogP contribution < -0.4 is 5.32 Å². The number of nitrogens with one attached hydrogen (secondary N) is 1. The van der Waals surface area contributed by atoms with Gasteiger partial charge in [-0.15, -0.1) is 0 Å². The Kier molecular flexibility index (Phi) is 7.63. The predicted octanol–water partition coefficient (Wildman–Crippen LogP) is 6.25. The standard InChI is InChI=1S/C23H28N2OS2/c1-4-12-27-13-6-11-24-23(26)17-8-10-22-20(15-17)25-19(5-2)18-14-16(3)7-9-21(18)28-22/h7-10,14-15H,4-6,11-13H2,1-3H3,(H,24,26). The molecule has 0 saturated heterocycles. The van der Waals surface area contributed by atoms with E-state index < -0.39 is 0 Å². The smallest absolute Gasteiger partial charge is 0.251 e. The average Bonchev–Trinajstić information content (AvgIpc) is 2.86. The largest absolute Gasteiger partial charge is 0.352 e. The minimum Gasteiger partial charge on any atom is -0.352 e. The van der Waals surface area contributed by atoms with Crippen LogP contribution >= 0.6 is 23.5 Å². The quantitative estimate of drug-likeness (QED) is 0.521. The number of hydrogen-bond donors (Lipinski definition) is 1. The van der Waals surface area contributed by atoms with Crippen molar-refractivity contribution in [2.45, 2.75) is 49.8 Å². The van der Waals surface area contributed by atoms with Crippen molar-refractivity contribution in [1.29, 1.82) is 0 Å². The van der Waals surface area contributed by atoms with Gasteiger partial charge in [0.05, 0.1) is 5.69 Å². The molecule has 0 spiro atoms. The summed E-state index contributed by atoms with van der Waals surface area (Å²) < 4.78 is 0. The van der Waals surface area contributed by atoms with Gasteiger partial charge in [0.25, 0.3) is 5.91 Å². The highest BCUT2D eigenvalue weighted by Gasteiger charge is 2.18. The third-order valence-electron chi connectivity index (χ3n) is 4.58. The maximum absolute atomic E-state index is 12.5.